The van der Waals surface area contributed by atoms with Crippen LogP contribution in [0.2, 0.25) is 0 Å². The molecule has 116 valence electrons. The normalized spacial score (nSPS) is 9.91. The fraction of sp³-hybridized carbons (Fsp3) is 0.235. The minimum Gasteiger partial charge on any atom is -0.490 e. The summed E-state index contributed by atoms with van der Waals surface area (Å²) >= 11 is 5.02. The van der Waals surface area contributed by atoms with Gasteiger partial charge in [0.2, 0.25) is 0 Å². The highest BCUT2D eigenvalue weighted by Crippen LogP contribution is 2.23. The number of hydrogen-bond acceptors (Lipinski definition) is 4. The second-order valence-electron chi connectivity index (χ2n) is 4.74. The summed E-state index contributed by atoms with van der Waals surface area (Å²) in [5, 5.41) is 0.454. The molecule has 0 fully saturated rings. The van der Waals surface area contributed by atoms with Gasteiger partial charge in [-0.1, -0.05) is 18.2 Å². The first-order valence-corrected chi connectivity index (χ1v) is 7.36. The van der Waals surface area contributed by atoms with Crippen molar-refractivity contribution in [3.63, 3.8) is 0 Å². The molecule has 4 nitrogen and oxygen atoms in total. The SMILES string of the molecule is CN(C)C(=S)OCCOc1ccc(Oc2ccccc2)cc1. The quantitative estimate of drug-likeness (QED) is 0.598. The van der Waals surface area contributed by atoms with E-state index in [-0.39, 0.29) is 0 Å². The van der Waals surface area contributed by atoms with Gasteiger partial charge in [-0.05, 0) is 48.6 Å². The molecule has 0 atom stereocenters. The first-order valence-electron chi connectivity index (χ1n) is 6.95. The number of hydrogen-bond donors (Lipinski definition) is 0. The van der Waals surface area contributed by atoms with Crippen LogP contribution in [0.5, 0.6) is 17.2 Å². The van der Waals surface area contributed by atoms with Gasteiger partial charge in [0.15, 0.2) is 0 Å². The van der Waals surface area contributed by atoms with E-state index in [1.54, 1.807) is 4.90 Å². The Balaban J connectivity index is 1.76. The van der Waals surface area contributed by atoms with E-state index in [0.29, 0.717) is 18.4 Å². The predicted molar refractivity (Wildman–Crippen MR) is 90.7 cm³/mol. The molecule has 2 aromatic rings. The summed E-state index contributed by atoms with van der Waals surface area (Å²) in [6.07, 6.45) is 0. The topological polar surface area (TPSA) is 30.9 Å². The molecule has 0 aliphatic rings. The van der Waals surface area contributed by atoms with Crippen molar-refractivity contribution >= 4 is 17.4 Å². The van der Waals surface area contributed by atoms with Crippen LogP contribution in [-0.2, 0) is 4.74 Å². The van der Waals surface area contributed by atoms with Gasteiger partial charge < -0.3 is 19.1 Å². The standard InChI is InChI=1S/C17H19NO3S/c1-18(2)17(22)20-13-12-19-14-8-10-16(11-9-14)21-15-6-4-3-5-7-15/h3-11H,12-13H2,1-2H3. The highest BCUT2D eigenvalue weighted by atomic mass is 32.1. The summed E-state index contributed by atoms with van der Waals surface area (Å²) in [4.78, 5) is 1.74. The van der Waals surface area contributed by atoms with Crippen LogP contribution in [0.4, 0.5) is 0 Å². The Morgan fingerprint density at radius 2 is 1.45 bits per heavy atom. The van der Waals surface area contributed by atoms with Crippen molar-refractivity contribution in [2.45, 2.75) is 0 Å². The van der Waals surface area contributed by atoms with E-state index in [0.717, 1.165) is 17.2 Å². The van der Waals surface area contributed by atoms with Crippen LogP contribution < -0.4 is 9.47 Å². The lowest BCUT2D eigenvalue weighted by atomic mass is 10.3. The van der Waals surface area contributed by atoms with Gasteiger partial charge in [0.1, 0.15) is 30.5 Å². The Kier molecular flexibility index (Phi) is 6.03. The van der Waals surface area contributed by atoms with Crippen molar-refractivity contribution in [2.75, 3.05) is 27.3 Å². The summed E-state index contributed by atoms with van der Waals surface area (Å²) < 4.78 is 16.6. The Labute approximate surface area is 136 Å². The van der Waals surface area contributed by atoms with Gasteiger partial charge in [0, 0.05) is 14.1 Å². The zero-order valence-electron chi connectivity index (χ0n) is 12.7. The smallest absolute Gasteiger partial charge is 0.258 e. The molecular formula is C17H19NO3S. The van der Waals surface area contributed by atoms with Crippen molar-refractivity contribution < 1.29 is 14.2 Å². The van der Waals surface area contributed by atoms with E-state index in [1.807, 2.05) is 68.7 Å². The maximum atomic E-state index is 5.71. The van der Waals surface area contributed by atoms with Crippen LogP contribution in [0.1, 0.15) is 0 Å². The van der Waals surface area contributed by atoms with Crippen molar-refractivity contribution in [3.8, 4) is 17.2 Å². The number of ether oxygens (including phenoxy) is 3. The van der Waals surface area contributed by atoms with Gasteiger partial charge in [-0.25, -0.2) is 0 Å². The van der Waals surface area contributed by atoms with Crippen LogP contribution in [0, 0.1) is 0 Å². The van der Waals surface area contributed by atoms with Crippen molar-refractivity contribution in [1.29, 1.82) is 0 Å². The molecule has 0 amide bonds. The fourth-order valence-corrected chi connectivity index (χ4v) is 1.73. The zero-order valence-corrected chi connectivity index (χ0v) is 13.5. The molecule has 22 heavy (non-hydrogen) atoms. The van der Waals surface area contributed by atoms with Crippen molar-refractivity contribution in [3.05, 3.63) is 54.6 Å². The maximum Gasteiger partial charge on any atom is 0.258 e. The van der Waals surface area contributed by atoms with Crippen LogP contribution in [0.25, 0.3) is 0 Å². The summed E-state index contributed by atoms with van der Waals surface area (Å²) in [5.74, 6) is 2.34. The first kappa shape index (κ1) is 16.1. The van der Waals surface area contributed by atoms with Crippen LogP contribution in [0.15, 0.2) is 54.6 Å². The number of thiocarbonyl (C=S) groups is 1. The molecule has 0 radical (unpaired) electrons. The van der Waals surface area contributed by atoms with Crippen LogP contribution in [-0.4, -0.2) is 37.4 Å². The molecule has 0 unspecified atom stereocenters. The Morgan fingerprint density at radius 1 is 0.864 bits per heavy atom. The van der Waals surface area contributed by atoms with E-state index in [4.69, 9.17) is 26.4 Å². The van der Waals surface area contributed by atoms with Crippen molar-refractivity contribution in [2.24, 2.45) is 0 Å². The summed E-state index contributed by atoms with van der Waals surface area (Å²) in [5.41, 5.74) is 0. The zero-order chi connectivity index (χ0) is 15.8. The Morgan fingerprint density at radius 3 is 2.09 bits per heavy atom. The Hall–Kier alpha value is -2.27. The third-order valence-corrected chi connectivity index (χ3v) is 3.23. The molecule has 0 bridgehead atoms. The van der Waals surface area contributed by atoms with Gasteiger partial charge in [0.05, 0.1) is 0 Å². The predicted octanol–water partition coefficient (Wildman–Crippen LogP) is 3.72. The molecule has 2 rings (SSSR count). The third kappa shape index (κ3) is 5.26. The molecule has 0 aliphatic carbocycles. The molecule has 0 aliphatic heterocycles. The van der Waals surface area contributed by atoms with Crippen molar-refractivity contribution in [1.82, 2.24) is 4.90 Å². The summed E-state index contributed by atoms with van der Waals surface area (Å²) in [6, 6.07) is 17.1. The van der Waals surface area contributed by atoms with Gasteiger partial charge in [0.25, 0.3) is 5.17 Å². The largest absolute Gasteiger partial charge is 0.490 e. The fourth-order valence-electron chi connectivity index (χ4n) is 1.65. The van der Waals surface area contributed by atoms with Crippen LogP contribution in [0.3, 0.4) is 0 Å². The van der Waals surface area contributed by atoms with Gasteiger partial charge in [-0.15, -0.1) is 0 Å². The average molecular weight is 317 g/mol. The third-order valence-electron chi connectivity index (χ3n) is 2.75. The molecule has 0 saturated heterocycles. The lowest BCUT2D eigenvalue weighted by Gasteiger charge is -2.14. The molecule has 0 saturated carbocycles. The lowest BCUT2D eigenvalue weighted by Crippen LogP contribution is -2.24. The molecule has 0 spiro atoms. The monoisotopic (exact) mass is 317 g/mol. The highest BCUT2D eigenvalue weighted by Gasteiger charge is 2.01. The van der Waals surface area contributed by atoms with Crippen LogP contribution >= 0.6 is 12.2 Å². The number of benzene rings is 2. The second-order valence-corrected chi connectivity index (χ2v) is 5.09. The molecule has 0 aromatic heterocycles. The van der Waals surface area contributed by atoms with E-state index in [1.165, 1.54) is 0 Å². The number of nitrogens with zero attached hydrogens (tertiary/aromatic N) is 1. The number of rotatable bonds is 6. The summed E-state index contributed by atoms with van der Waals surface area (Å²) in [7, 11) is 3.68. The minimum absolute atomic E-state index is 0.416. The molecule has 5 heteroatoms. The molecule has 0 heterocycles. The van der Waals surface area contributed by atoms with E-state index in [2.05, 4.69) is 0 Å². The maximum absolute atomic E-state index is 5.71. The van der Waals surface area contributed by atoms with Gasteiger partial charge >= 0.3 is 0 Å². The minimum atomic E-state index is 0.416. The second kappa shape index (κ2) is 8.24. The molecule has 0 N–H and O–H groups in total. The van der Waals surface area contributed by atoms with E-state index >= 15 is 0 Å². The lowest BCUT2D eigenvalue weighted by molar-refractivity contribution is 0.194. The Bertz CT molecular complexity index is 585. The first-order chi connectivity index (χ1) is 10.6. The van der Waals surface area contributed by atoms with E-state index < -0.39 is 0 Å². The number of para-hydroxylation sites is 1. The summed E-state index contributed by atoms with van der Waals surface area (Å²) in [6.45, 7) is 0.853. The highest BCUT2D eigenvalue weighted by molar-refractivity contribution is 7.80. The molecular weight excluding hydrogens is 298 g/mol. The van der Waals surface area contributed by atoms with Gasteiger partial charge in [-0.3, -0.25) is 0 Å². The van der Waals surface area contributed by atoms with E-state index in [9.17, 15) is 0 Å². The molecule has 2 aromatic carbocycles. The van der Waals surface area contributed by atoms with Gasteiger partial charge in [-0.2, -0.15) is 0 Å². The average Bonchev–Trinajstić information content (AvgIpc) is 2.53.